The van der Waals surface area contributed by atoms with Crippen LogP contribution in [0, 0.1) is 47.3 Å². The lowest BCUT2D eigenvalue weighted by Gasteiger charge is -2.43. The second-order valence-electron chi connectivity index (χ2n) is 22.1. The number of carbonyl (C=O) groups is 1. The molecule has 19 rings (SSSR count). The Hall–Kier alpha value is -4.47. The molecular formula is C57H44O2S. The van der Waals surface area contributed by atoms with Gasteiger partial charge in [0.15, 0.2) is 0 Å². The van der Waals surface area contributed by atoms with E-state index in [1.807, 2.05) is 66.1 Å². The van der Waals surface area contributed by atoms with Gasteiger partial charge in [0.2, 0.25) is 0 Å². The molecule has 1 heterocycles. The van der Waals surface area contributed by atoms with Crippen LogP contribution in [0.15, 0.2) is 77.0 Å². The first kappa shape index (κ1) is 30.5. The Bertz CT molecular complexity index is 3200. The lowest BCUT2D eigenvalue weighted by molar-refractivity contribution is -0.143. The van der Waals surface area contributed by atoms with Crippen molar-refractivity contribution in [3.63, 3.8) is 0 Å². The predicted octanol–water partition coefficient (Wildman–Crippen LogP) is 8.24. The number of hydrogen-bond donors (Lipinski definition) is 0. The van der Waals surface area contributed by atoms with E-state index in [0.717, 1.165) is 19.3 Å². The van der Waals surface area contributed by atoms with E-state index >= 15 is 0 Å². The number of ether oxygens (including phenoxy) is 1. The molecule has 4 aromatic rings. The Morgan fingerprint density at radius 2 is 1.30 bits per heavy atom. The lowest BCUT2D eigenvalue weighted by atomic mass is 9.59. The summed E-state index contributed by atoms with van der Waals surface area (Å²) in [7, 11) is 0. The number of carbonyl (C=O) groups excluding carboxylic acids is 1. The van der Waals surface area contributed by atoms with Crippen LogP contribution in [-0.2, 0) is 32.2 Å². The van der Waals surface area contributed by atoms with Gasteiger partial charge >= 0.3 is 5.97 Å². The highest BCUT2D eigenvalue weighted by Crippen LogP contribution is 2.94. The molecule has 0 amide bonds. The van der Waals surface area contributed by atoms with Gasteiger partial charge in [-0.1, -0.05) is 82.5 Å². The topological polar surface area (TPSA) is 26.3 Å². The maximum Gasteiger partial charge on any atom is 0.305 e. The molecule has 0 radical (unpaired) electrons. The molecule has 2 nitrogen and oxygen atoms in total. The smallest absolute Gasteiger partial charge is 0.305 e. The van der Waals surface area contributed by atoms with E-state index in [1.165, 1.54) is 44.1 Å². The van der Waals surface area contributed by atoms with Gasteiger partial charge in [0.1, 0.15) is 0 Å². The summed E-state index contributed by atoms with van der Waals surface area (Å²) in [5.74, 6) is 6.30. The highest BCUT2D eigenvalue weighted by Gasteiger charge is 2.96. The third kappa shape index (κ3) is 2.49. The molecule has 12 unspecified atom stereocenters. The van der Waals surface area contributed by atoms with Crippen LogP contribution in [0.25, 0.3) is 39.0 Å². The zero-order valence-corrected chi connectivity index (χ0v) is 34.5. The largest absolute Gasteiger partial charge is 0.465 e. The van der Waals surface area contributed by atoms with Crippen LogP contribution >= 0.6 is 11.3 Å². The number of thiophene rings is 1. The van der Waals surface area contributed by atoms with E-state index in [0.29, 0.717) is 72.2 Å². The summed E-state index contributed by atoms with van der Waals surface area (Å²) in [5, 5.41) is 11.5. The summed E-state index contributed by atoms with van der Waals surface area (Å²) >= 11 is 1.72. The van der Waals surface area contributed by atoms with Crippen LogP contribution < -0.4 is 20.9 Å². The molecule has 0 saturated heterocycles. The lowest BCUT2D eigenvalue weighted by Crippen LogP contribution is -2.43. The van der Waals surface area contributed by atoms with Crippen molar-refractivity contribution in [3.05, 3.63) is 142 Å². The molecule has 290 valence electrons. The number of esters is 1. The standard InChI is InChI=1S/C57H44O2S/c58-36(59-21-18-24-19-22-60-23-24)7-4-20-55(25-5-2-1-3-6-25)56-34-16-17-35-33-15-13-31-29-11-9-27-26-8-10-28-30-12-14-32(34)43-41(30)46-39(28)37(26)45-38(27)40(29)47-42(31)44(33)54(57(35,55)56)52-50(47)48(45)49(46)51(52)53(43)56/h1-3,5-6,8-11,19,22-23,26-29,34-35,37-40H,4,7,12-18,20-21H2. The van der Waals surface area contributed by atoms with E-state index in [9.17, 15) is 4.79 Å². The highest BCUT2D eigenvalue weighted by atomic mass is 32.1. The molecule has 3 heteroatoms. The molecule has 60 heavy (non-hydrogen) atoms. The highest BCUT2D eigenvalue weighted by molar-refractivity contribution is 7.07. The van der Waals surface area contributed by atoms with E-state index in [2.05, 4.69) is 71.5 Å². The second-order valence-corrected chi connectivity index (χ2v) is 22.9. The number of allylic oxidation sites excluding steroid dienone is 5. The average Bonchev–Trinajstić information content (AvgIpc) is 4.06. The third-order valence-corrected chi connectivity index (χ3v) is 22.3. The zero-order valence-electron chi connectivity index (χ0n) is 33.7. The van der Waals surface area contributed by atoms with Crippen LogP contribution in [-0.4, -0.2) is 12.6 Å². The van der Waals surface area contributed by atoms with E-state index in [1.54, 1.807) is 49.6 Å². The molecule has 3 aromatic carbocycles. The fraction of sp³-hybridized carbons (Fsp3) is 0.421. The zero-order chi connectivity index (χ0) is 38.1. The first-order valence-corrected chi connectivity index (χ1v) is 24.9. The monoisotopic (exact) mass is 792 g/mol. The first-order chi connectivity index (χ1) is 29.7. The van der Waals surface area contributed by atoms with Crippen LogP contribution in [0.5, 0.6) is 0 Å². The molecule has 1 aromatic heterocycles. The molecule has 0 aliphatic heterocycles. The van der Waals surface area contributed by atoms with Gasteiger partial charge in [-0.2, -0.15) is 11.3 Å². The van der Waals surface area contributed by atoms with Crippen molar-refractivity contribution in [3.8, 4) is 11.1 Å². The van der Waals surface area contributed by atoms with Gasteiger partial charge in [-0.25, -0.2) is 0 Å². The number of rotatable bonds is 8. The maximum absolute atomic E-state index is 13.7. The summed E-state index contributed by atoms with van der Waals surface area (Å²) in [6.07, 6.45) is 22.1. The molecule has 15 aliphatic carbocycles. The molecule has 0 bridgehead atoms. The van der Waals surface area contributed by atoms with Gasteiger partial charge in [-0.15, -0.1) is 0 Å². The van der Waals surface area contributed by atoms with Crippen LogP contribution in [0.3, 0.4) is 0 Å². The third-order valence-electron chi connectivity index (χ3n) is 21.6. The van der Waals surface area contributed by atoms with Gasteiger partial charge < -0.3 is 4.74 Å². The van der Waals surface area contributed by atoms with Gasteiger partial charge in [0.05, 0.1) is 6.61 Å². The summed E-state index contributed by atoms with van der Waals surface area (Å²) in [6, 6.07) is 14.3. The predicted molar refractivity (Wildman–Crippen MR) is 234 cm³/mol. The van der Waals surface area contributed by atoms with Gasteiger partial charge in [-0.3, -0.25) is 4.79 Å². The van der Waals surface area contributed by atoms with Gasteiger partial charge in [0.25, 0.3) is 0 Å². The molecule has 3 saturated carbocycles. The molecule has 3 fully saturated rings. The van der Waals surface area contributed by atoms with E-state index < -0.39 is 0 Å². The molecular weight excluding hydrogens is 749 g/mol. The molecule has 2 spiro atoms. The molecule has 15 aliphatic rings. The van der Waals surface area contributed by atoms with Crippen LogP contribution in [0.4, 0.5) is 0 Å². The Morgan fingerprint density at radius 1 is 0.683 bits per heavy atom. The minimum absolute atomic E-state index is 0.00523. The minimum atomic E-state index is -0.0485. The van der Waals surface area contributed by atoms with Crippen molar-refractivity contribution in [2.45, 2.75) is 92.3 Å². The van der Waals surface area contributed by atoms with Crippen molar-refractivity contribution in [2.75, 3.05) is 6.61 Å². The normalized spacial score (nSPS) is 41.5. The number of hydrogen-bond acceptors (Lipinski definition) is 3. The number of benzene rings is 3. The van der Waals surface area contributed by atoms with Gasteiger partial charge in [-0.05, 0) is 186 Å². The summed E-state index contributed by atoms with van der Waals surface area (Å²) in [4.78, 5) is 13.7. The average molecular weight is 793 g/mol. The van der Waals surface area contributed by atoms with Gasteiger partial charge in [0, 0.05) is 52.8 Å². The second kappa shape index (κ2) is 9.03. The van der Waals surface area contributed by atoms with E-state index in [-0.39, 0.29) is 22.2 Å². The van der Waals surface area contributed by atoms with Crippen molar-refractivity contribution < 1.29 is 9.53 Å². The Balaban J connectivity index is 0.953. The fourth-order valence-corrected chi connectivity index (χ4v) is 21.9. The quantitative estimate of drug-likeness (QED) is 0.117. The van der Waals surface area contributed by atoms with Crippen molar-refractivity contribution in [2.24, 2.45) is 47.3 Å². The van der Waals surface area contributed by atoms with E-state index in [4.69, 9.17) is 4.74 Å². The summed E-state index contributed by atoms with van der Waals surface area (Å²) in [6.45, 7) is 0.483. The molecule has 12 atom stereocenters. The first-order valence-electron chi connectivity index (χ1n) is 24.0. The maximum atomic E-state index is 13.7. The Morgan fingerprint density at radius 3 is 1.90 bits per heavy atom. The molecule has 0 N–H and O–H groups in total. The van der Waals surface area contributed by atoms with Crippen LogP contribution in [0.2, 0.25) is 0 Å². The summed E-state index contributed by atoms with van der Waals surface area (Å²) in [5.41, 5.74) is 28.7. The number of fused-ring (bicyclic) bond motifs is 5. The SMILES string of the molecule is O=C(CCCC1(c2ccccc2)C23c4c5c6c7c8c4=C4CCC=8C8C=CC9C%10C=CC%11C%12=c%13c%14c(c-5c5c%13=C(CC%12)C(CCC42)C513)C6=C(C9C78)C%10C%14%11)OCCc1ccsc1. The minimum Gasteiger partial charge on any atom is -0.465 e. The van der Waals surface area contributed by atoms with Crippen LogP contribution in [0.1, 0.15) is 114 Å². The van der Waals surface area contributed by atoms with Crippen molar-refractivity contribution >= 4 is 45.2 Å². The summed E-state index contributed by atoms with van der Waals surface area (Å²) < 4.78 is 6.02. The van der Waals surface area contributed by atoms with Crippen molar-refractivity contribution in [1.82, 2.24) is 0 Å². The Labute approximate surface area is 352 Å². The van der Waals surface area contributed by atoms with Crippen molar-refractivity contribution in [1.29, 1.82) is 0 Å². The Kier molecular flexibility index (Phi) is 4.60. The fourth-order valence-electron chi connectivity index (χ4n) is 21.2.